The zero-order chi connectivity index (χ0) is 22.4. The van der Waals surface area contributed by atoms with Crippen LogP contribution < -0.4 is 9.47 Å². The molecule has 0 atom stereocenters. The van der Waals surface area contributed by atoms with Gasteiger partial charge in [-0.05, 0) is 83.1 Å². The van der Waals surface area contributed by atoms with Crippen LogP contribution in [0.2, 0.25) is 15.1 Å². The van der Waals surface area contributed by atoms with E-state index in [0.29, 0.717) is 38.7 Å². The summed E-state index contributed by atoms with van der Waals surface area (Å²) in [5, 5.41) is 11.4. The quantitative estimate of drug-likeness (QED) is 0.159. The number of nitriles is 1. The Labute approximate surface area is 210 Å². The number of hydrogen-bond donors (Lipinski definition) is 0. The minimum absolute atomic E-state index is 0.273. The molecular weight excluding hydrogens is 568 g/mol. The standard InChI is InChI=1S/C24H17Cl3INO2/c1-2-30-23-11-15(9-18(13-29)16-3-6-19(25)7-4-16)10-22(28)24(23)31-14-17-5-8-20(26)12-21(17)27/h3-12H,2,14H2,1H3/b18-9-. The van der Waals surface area contributed by atoms with E-state index in [2.05, 4.69) is 28.7 Å². The average molecular weight is 585 g/mol. The molecule has 0 aliphatic carbocycles. The highest BCUT2D eigenvalue weighted by Gasteiger charge is 2.14. The van der Waals surface area contributed by atoms with Crippen LogP contribution in [0.3, 0.4) is 0 Å². The summed E-state index contributed by atoms with van der Waals surface area (Å²) in [5.41, 5.74) is 2.97. The Kier molecular flexibility index (Phi) is 8.50. The first-order chi connectivity index (χ1) is 14.9. The van der Waals surface area contributed by atoms with Gasteiger partial charge >= 0.3 is 0 Å². The average Bonchev–Trinajstić information content (AvgIpc) is 2.73. The summed E-state index contributed by atoms with van der Waals surface area (Å²) in [6.07, 6.45) is 1.81. The second-order valence-electron chi connectivity index (χ2n) is 6.46. The molecule has 0 unspecified atom stereocenters. The van der Waals surface area contributed by atoms with Crippen molar-refractivity contribution >= 4 is 69.0 Å². The van der Waals surface area contributed by atoms with Gasteiger partial charge in [0.2, 0.25) is 0 Å². The van der Waals surface area contributed by atoms with Crippen molar-refractivity contribution in [3.8, 4) is 17.6 Å². The first kappa shape index (κ1) is 23.7. The number of allylic oxidation sites excluding steroid dienone is 1. The Morgan fingerprint density at radius 3 is 2.35 bits per heavy atom. The molecule has 0 fully saturated rings. The molecule has 31 heavy (non-hydrogen) atoms. The van der Waals surface area contributed by atoms with E-state index in [9.17, 15) is 5.26 Å². The van der Waals surface area contributed by atoms with Gasteiger partial charge in [-0.15, -0.1) is 0 Å². The summed E-state index contributed by atoms with van der Waals surface area (Å²) in [5.74, 6) is 1.22. The minimum atomic E-state index is 0.273. The van der Waals surface area contributed by atoms with Crippen molar-refractivity contribution in [2.45, 2.75) is 13.5 Å². The predicted octanol–water partition coefficient (Wildman–Crippen LogP) is 8.29. The maximum Gasteiger partial charge on any atom is 0.175 e. The third kappa shape index (κ3) is 6.30. The normalized spacial score (nSPS) is 11.2. The maximum absolute atomic E-state index is 9.63. The predicted molar refractivity (Wildman–Crippen MR) is 136 cm³/mol. The van der Waals surface area contributed by atoms with Gasteiger partial charge in [0, 0.05) is 20.6 Å². The molecule has 0 aliphatic heterocycles. The molecule has 0 radical (unpaired) electrons. The van der Waals surface area contributed by atoms with Crippen molar-refractivity contribution in [3.63, 3.8) is 0 Å². The van der Waals surface area contributed by atoms with E-state index in [-0.39, 0.29) is 6.61 Å². The maximum atomic E-state index is 9.63. The molecule has 3 aromatic carbocycles. The second-order valence-corrected chi connectivity index (χ2v) is 8.91. The van der Waals surface area contributed by atoms with Gasteiger partial charge < -0.3 is 9.47 Å². The van der Waals surface area contributed by atoms with Crippen molar-refractivity contribution in [1.82, 2.24) is 0 Å². The Morgan fingerprint density at radius 2 is 1.71 bits per heavy atom. The van der Waals surface area contributed by atoms with Crippen LogP contribution in [0.15, 0.2) is 54.6 Å². The molecule has 3 rings (SSSR count). The topological polar surface area (TPSA) is 42.2 Å². The van der Waals surface area contributed by atoms with Crippen LogP contribution in [0.25, 0.3) is 11.6 Å². The molecule has 3 nitrogen and oxygen atoms in total. The van der Waals surface area contributed by atoms with Gasteiger partial charge in [0.1, 0.15) is 6.61 Å². The molecule has 3 aromatic rings. The Morgan fingerprint density at radius 1 is 1.00 bits per heavy atom. The van der Waals surface area contributed by atoms with Crippen LogP contribution in [0.4, 0.5) is 0 Å². The molecule has 0 spiro atoms. The largest absolute Gasteiger partial charge is 0.490 e. The van der Waals surface area contributed by atoms with Gasteiger partial charge in [0.25, 0.3) is 0 Å². The van der Waals surface area contributed by atoms with Crippen LogP contribution in [0.5, 0.6) is 11.5 Å². The first-order valence-corrected chi connectivity index (χ1v) is 11.5. The summed E-state index contributed by atoms with van der Waals surface area (Å²) in [4.78, 5) is 0. The molecule has 0 heterocycles. The molecule has 158 valence electrons. The summed E-state index contributed by atoms with van der Waals surface area (Å²) < 4.78 is 12.7. The molecule has 0 bridgehead atoms. The van der Waals surface area contributed by atoms with Gasteiger partial charge in [-0.2, -0.15) is 5.26 Å². The van der Waals surface area contributed by atoms with Gasteiger partial charge in [0.05, 0.1) is 21.8 Å². The van der Waals surface area contributed by atoms with Gasteiger partial charge in [0.15, 0.2) is 11.5 Å². The number of hydrogen-bond acceptors (Lipinski definition) is 3. The van der Waals surface area contributed by atoms with E-state index in [0.717, 1.165) is 20.3 Å². The molecule has 0 aromatic heterocycles. The highest BCUT2D eigenvalue weighted by Crippen LogP contribution is 2.36. The van der Waals surface area contributed by atoms with Gasteiger partial charge in [-0.3, -0.25) is 0 Å². The van der Waals surface area contributed by atoms with Crippen molar-refractivity contribution in [2.24, 2.45) is 0 Å². The second kappa shape index (κ2) is 11.1. The number of rotatable bonds is 7. The number of benzene rings is 3. The molecular formula is C24H17Cl3INO2. The Hall–Kier alpha value is -1.91. The van der Waals surface area contributed by atoms with Crippen molar-refractivity contribution in [2.75, 3.05) is 6.61 Å². The zero-order valence-electron chi connectivity index (χ0n) is 16.5. The van der Waals surface area contributed by atoms with E-state index in [4.69, 9.17) is 44.3 Å². The summed E-state index contributed by atoms with van der Waals surface area (Å²) in [6, 6.07) is 18.5. The van der Waals surface area contributed by atoms with Crippen molar-refractivity contribution in [1.29, 1.82) is 5.26 Å². The first-order valence-electron chi connectivity index (χ1n) is 9.32. The van der Waals surface area contributed by atoms with E-state index in [1.54, 1.807) is 24.3 Å². The molecule has 0 aliphatic rings. The van der Waals surface area contributed by atoms with Crippen LogP contribution in [-0.2, 0) is 6.61 Å². The summed E-state index contributed by atoms with van der Waals surface area (Å²) in [6.45, 7) is 2.66. The van der Waals surface area contributed by atoms with Crippen molar-refractivity contribution in [3.05, 3.63) is 89.9 Å². The third-order valence-electron chi connectivity index (χ3n) is 4.31. The molecule has 0 amide bonds. The number of nitrogens with zero attached hydrogens (tertiary/aromatic N) is 1. The van der Waals surface area contributed by atoms with Crippen molar-refractivity contribution < 1.29 is 9.47 Å². The fourth-order valence-electron chi connectivity index (χ4n) is 2.84. The lowest BCUT2D eigenvalue weighted by Crippen LogP contribution is -2.02. The van der Waals surface area contributed by atoms with Crippen LogP contribution in [0.1, 0.15) is 23.6 Å². The molecule has 0 saturated heterocycles. The monoisotopic (exact) mass is 583 g/mol. The molecule has 7 heteroatoms. The highest BCUT2D eigenvalue weighted by atomic mass is 127. The van der Waals surface area contributed by atoms with Crippen LogP contribution >= 0.6 is 57.4 Å². The minimum Gasteiger partial charge on any atom is -0.490 e. The molecule has 0 N–H and O–H groups in total. The molecule has 0 saturated carbocycles. The van der Waals surface area contributed by atoms with Crippen LogP contribution in [0, 0.1) is 14.9 Å². The summed E-state index contributed by atoms with van der Waals surface area (Å²) in [7, 11) is 0. The third-order valence-corrected chi connectivity index (χ3v) is 5.95. The smallest absolute Gasteiger partial charge is 0.175 e. The fraction of sp³-hybridized carbons (Fsp3) is 0.125. The van der Waals surface area contributed by atoms with E-state index >= 15 is 0 Å². The highest BCUT2D eigenvalue weighted by molar-refractivity contribution is 14.1. The Balaban J connectivity index is 1.92. The lowest BCUT2D eigenvalue weighted by Gasteiger charge is -2.15. The SMILES string of the molecule is CCOc1cc(/C=C(/C#N)c2ccc(Cl)cc2)cc(I)c1OCc1ccc(Cl)cc1Cl. The van der Waals surface area contributed by atoms with E-state index in [1.807, 2.05) is 43.3 Å². The summed E-state index contributed by atoms with van der Waals surface area (Å²) >= 11 is 20.4. The lowest BCUT2D eigenvalue weighted by molar-refractivity contribution is 0.267. The zero-order valence-corrected chi connectivity index (χ0v) is 20.9. The lowest BCUT2D eigenvalue weighted by atomic mass is 10.0. The van der Waals surface area contributed by atoms with Gasteiger partial charge in [-0.25, -0.2) is 0 Å². The van der Waals surface area contributed by atoms with E-state index in [1.165, 1.54) is 0 Å². The van der Waals surface area contributed by atoms with Gasteiger partial charge in [-0.1, -0.05) is 53.0 Å². The number of ether oxygens (including phenoxy) is 2. The van der Waals surface area contributed by atoms with Crippen LogP contribution in [-0.4, -0.2) is 6.61 Å². The Bertz CT molecular complexity index is 1150. The fourth-order valence-corrected chi connectivity index (χ4v) is 4.21. The number of halogens is 4. The van der Waals surface area contributed by atoms with E-state index < -0.39 is 0 Å².